The van der Waals surface area contributed by atoms with E-state index in [1.54, 1.807) is 0 Å². The Morgan fingerprint density at radius 2 is 1.96 bits per heavy atom. The maximum Gasteiger partial charge on any atom is 0.130 e. The highest BCUT2D eigenvalue weighted by Crippen LogP contribution is 2.26. The summed E-state index contributed by atoms with van der Waals surface area (Å²) < 4.78 is 26.7. The van der Waals surface area contributed by atoms with Crippen molar-refractivity contribution < 1.29 is 13.9 Å². The van der Waals surface area contributed by atoms with Gasteiger partial charge in [-0.25, -0.2) is 8.78 Å². The minimum Gasteiger partial charge on any atom is -0.388 e. The average molecular weight is 334 g/mol. The molecule has 3 rings (SSSR count). The zero-order chi connectivity index (χ0) is 17.2. The van der Waals surface area contributed by atoms with E-state index < -0.39 is 17.2 Å². The molecule has 0 saturated carbocycles. The standard InChI is InChI=1S/C19H24F2N2O/c1-15-4-8-23(9-5-15)14-19(24)6-10-22(11-7-19)13-16-2-3-17(20)12-18(16)21/h2-5,8,12,24H,6-7,9-11,13-14H2,1H3. The number of nitrogens with zero attached hydrogens (tertiary/aromatic N) is 2. The average Bonchev–Trinajstić information content (AvgIpc) is 2.54. The SMILES string of the molecule is CC1=CCN(CC2(O)CCN(Cc3ccc(F)cc3F)CC2)C=C1. The lowest BCUT2D eigenvalue weighted by molar-refractivity contribution is -0.0381. The molecule has 0 aliphatic carbocycles. The van der Waals surface area contributed by atoms with Gasteiger partial charge in [0.2, 0.25) is 0 Å². The molecule has 0 atom stereocenters. The normalized spacial score (nSPS) is 21.0. The fourth-order valence-corrected chi connectivity index (χ4v) is 3.28. The fraction of sp³-hybridized carbons (Fsp3) is 0.474. The van der Waals surface area contributed by atoms with Crippen molar-refractivity contribution in [1.82, 2.24) is 9.80 Å². The Hall–Kier alpha value is -1.72. The summed E-state index contributed by atoms with van der Waals surface area (Å²) in [5.74, 6) is -1.06. The minimum absolute atomic E-state index is 0.452. The number of aliphatic hydroxyl groups is 1. The highest BCUT2D eigenvalue weighted by molar-refractivity contribution is 5.20. The third-order valence-electron chi connectivity index (χ3n) is 4.89. The Morgan fingerprint density at radius 1 is 1.21 bits per heavy atom. The van der Waals surface area contributed by atoms with Crippen molar-refractivity contribution in [2.24, 2.45) is 0 Å². The molecule has 5 heteroatoms. The van der Waals surface area contributed by atoms with Gasteiger partial charge in [0.15, 0.2) is 0 Å². The predicted molar refractivity (Wildman–Crippen MR) is 90.3 cm³/mol. The van der Waals surface area contributed by atoms with Gasteiger partial charge in [0.25, 0.3) is 0 Å². The molecule has 0 spiro atoms. The molecule has 0 unspecified atom stereocenters. The molecule has 24 heavy (non-hydrogen) atoms. The Kier molecular flexibility index (Phi) is 5.01. The summed E-state index contributed by atoms with van der Waals surface area (Å²) in [6.45, 7) is 5.38. The molecular weight excluding hydrogens is 310 g/mol. The Balaban J connectivity index is 1.52. The highest BCUT2D eigenvalue weighted by Gasteiger charge is 2.33. The number of rotatable bonds is 4. The van der Waals surface area contributed by atoms with Gasteiger partial charge in [0, 0.05) is 44.4 Å². The van der Waals surface area contributed by atoms with Crippen LogP contribution < -0.4 is 0 Å². The molecule has 1 aromatic carbocycles. The topological polar surface area (TPSA) is 26.7 Å². The first-order valence-corrected chi connectivity index (χ1v) is 8.41. The summed E-state index contributed by atoms with van der Waals surface area (Å²) in [7, 11) is 0. The van der Waals surface area contributed by atoms with Crippen LogP contribution in [0.15, 0.2) is 42.1 Å². The number of halogens is 2. The van der Waals surface area contributed by atoms with Gasteiger partial charge in [-0.3, -0.25) is 4.90 Å². The van der Waals surface area contributed by atoms with Gasteiger partial charge in [0.1, 0.15) is 11.6 Å². The van der Waals surface area contributed by atoms with E-state index in [1.165, 1.54) is 17.7 Å². The summed E-state index contributed by atoms with van der Waals surface area (Å²) in [6.07, 6.45) is 7.55. The van der Waals surface area contributed by atoms with E-state index in [0.29, 0.717) is 44.6 Å². The predicted octanol–water partition coefficient (Wildman–Crippen LogP) is 3.07. The maximum absolute atomic E-state index is 13.8. The van der Waals surface area contributed by atoms with Crippen LogP contribution in [0.3, 0.4) is 0 Å². The van der Waals surface area contributed by atoms with Crippen LogP contribution in [0.25, 0.3) is 0 Å². The van der Waals surface area contributed by atoms with Crippen molar-refractivity contribution in [3.05, 3.63) is 59.3 Å². The molecule has 1 N–H and O–H groups in total. The Bertz CT molecular complexity index is 649. The van der Waals surface area contributed by atoms with Crippen LogP contribution in [-0.2, 0) is 6.54 Å². The molecule has 1 aromatic rings. The zero-order valence-electron chi connectivity index (χ0n) is 14.0. The van der Waals surface area contributed by atoms with Crippen molar-refractivity contribution in [1.29, 1.82) is 0 Å². The highest BCUT2D eigenvalue weighted by atomic mass is 19.1. The quantitative estimate of drug-likeness (QED) is 0.917. The smallest absolute Gasteiger partial charge is 0.130 e. The molecule has 130 valence electrons. The number of β-amino-alcohol motifs (C(OH)–C–C–N with tert-alkyl or cyclic N) is 1. The summed E-state index contributed by atoms with van der Waals surface area (Å²) in [5.41, 5.74) is 1.04. The summed E-state index contributed by atoms with van der Waals surface area (Å²) in [6, 6.07) is 3.71. The molecule has 2 aliphatic heterocycles. The largest absolute Gasteiger partial charge is 0.388 e. The Morgan fingerprint density at radius 3 is 2.58 bits per heavy atom. The van der Waals surface area contributed by atoms with Gasteiger partial charge in [-0.15, -0.1) is 0 Å². The third kappa shape index (κ3) is 4.22. The van der Waals surface area contributed by atoms with E-state index in [-0.39, 0.29) is 0 Å². The van der Waals surface area contributed by atoms with E-state index in [1.807, 2.05) is 6.20 Å². The van der Waals surface area contributed by atoms with Crippen LogP contribution in [0.1, 0.15) is 25.3 Å². The van der Waals surface area contributed by atoms with Gasteiger partial charge < -0.3 is 10.0 Å². The van der Waals surface area contributed by atoms with Gasteiger partial charge >= 0.3 is 0 Å². The van der Waals surface area contributed by atoms with Crippen LogP contribution in [0.5, 0.6) is 0 Å². The second-order valence-corrected chi connectivity index (χ2v) is 6.93. The van der Waals surface area contributed by atoms with Crippen LogP contribution in [-0.4, -0.2) is 46.7 Å². The lowest BCUT2D eigenvalue weighted by Crippen LogP contribution is -2.50. The van der Waals surface area contributed by atoms with Crippen LogP contribution >= 0.6 is 0 Å². The fourth-order valence-electron chi connectivity index (χ4n) is 3.28. The van der Waals surface area contributed by atoms with Crippen molar-refractivity contribution in [3.63, 3.8) is 0 Å². The number of hydrogen-bond donors (Lipinski definition) is 1. The number of benzene rings is 1. The number of likely N-dealkylation sites (tertiary alicyclic amines) is 1. The first-order chi connectivity index (χ1) is 11.4. The molecule has 2 aliphatic rings. The molecule has 0 amide bonds. The number of hydrogen-bond acceptors (Lipinski definition) is 3. The molecule has 1 fully saturated rings. The van der Waals surface area contributed by atoms with Crippen LogP contribution in [0.4, 0.5) is 8.78 Å². The summed E-state index contributed by atoms with van der Waals surface area (Å²) in [5, 5.41) is 10.8. The second-order valence-electron chi connectivity index (χ2n) is 6.93. The second kappa shape index (κ2) is 7.03. The Labute approximate surface area is 141 Å². The number of piperidine rings is 1. The van der Waals surface area contributed by atoms with E-state index in [0.717, 1.165) is 12.6 Å². The molecule has 3 nitrogen and oxygen atoms in total. The molecule has 0 bridgehead atoms. The van der Waals surface area contributed by atoms with E-state index in [4.69, 9.17) is 0 Å². The van der Waals surface area contributed by atoms with E-state index in [9.17, 15) is 13.9 Å². The van der Waals surface area contributed by atoms with E-state index >= 15 is 0 Å². The van der Waals surface area contributed by atoms with Gasteiger partial charge in [-0.05, 0) is 38.1 Å². The van der Waals surface area contributed by atoms with Gasteiger partial charge in [0.05, 0.1) is 5.60 Å². The maximum atomic E-state index is 13.8. The van der Waals surface area contributed by atoms with Gasteiger partial charge in [-0.2, -0.15) is 0 Å². The third-order valence-corrected chi connectivity index (χ3v) is 4.89. The minimum atomic E-state index is -0.707. The van der Waals surface area contributed by atoms with Crippen LogP contribution in [0.2, 0.25) is 0 Å². The summed E-state index contributed by atoms with van der Waals surface area (Å²) in [4.78, 5) is 4.24. The van der Waals surface area contributed by atoms with Crippen molar-refractivity contribution in [2.45, 2.75) is 31.9 Å². The van der Waals surface area contributed by atoms with E-state index in [2.05, 4.69) is 28.9 Å². The number of allylic oxidation sites excluding steroid dienone is 2. The summed E-state index contributed by atoms with van der Waals surface area (Å²) >= 11 is 0. The first-order valence-electron chi connectivity index (χ1n) is 8.41. The molecule has 2 heterocycles. The first kappa shape index (κ1) is 17.1. The monoisotopic (exact) mass is 334 g/mol. The molecule has 0 radical (unpaired) electrons. The zero-order valence-corrected chi connectivity index (χ0v) is 14.0. The van der Waals surface area contributed by atoms with Gasteiger partial charge in [-0.1, -0.05) is 17.7 Å². The van der Waals surface area contributed by atoms with Crippen molar-refractivity contribution in [3.8, 4) is 0 Å². The van der Waals surface area contributed by atoms with Crippen molar-refractivity contribution in [2.75, 3.05) is 26.2 Å². The lowest BCUT2D eigenvalue weighted by Gasteiger charge is -2.41. The molecule has 1 saturated heterocycles. The molecule has 0 aromatic heterocycles. The van der Waals surface area contributed by atoms with Crippen LogP contribution in [0, 0.1) is 11.6 Å². The molecular formula is C19H24F2N2O. The lowest BCUT2D eigenvalue weighted by atomic mass is 9.90. The van der Waals surface area contributed by atoms with Crippen molar-refractivity contribution >= 4 is 0 Å².